The van der Waals surface area contributed by atoms with Gasteiger partial charge in [-0.15, -0.1) is 0 Å². The Bertz CT molecular complexity index is 820. The zero-order valence-corrected chi connectivity index (χ0v) is 11.8. The normalized spacial score (nSPS) is 22.9. The first-order valence-corrected chi connectivity index (χ1v) is 7.82. The summed E-state index contributed by atoms with van der Waals surface area (Å²) < 4.78 is 31.5. The van der Waals surface area contributed by atoms with Gasteiger partial charge < -0.3 is 5.73 Å². The second kappa shape index (κ2) is 4.94. The van der Waals surface area contributed by atoms with Gasteiger partial charge in [-0.1, -0.05) is 36.4 Å². The van der Waals surface area contributed by atoms with Crippen LogP contribution in [0.3, 0.4) is 0 Å². The molecule has 1 atom stereocenters. The number of benzene rings is 1. The SMILES string of the molecule is NC1=NC(=NC2=CC=CC(S(=O)(=O)O)C2)c2ccccc21. The summed E-state index contributed by atoms with van der Waals surface area (Å²) in [5, 5.41) is -0.972. The van der Waals surface area contributed by atoms with Crippen molar-refractivity contribution in [2.75, 3.05) is 0 Å². The highest BCUT2D eigenvalue weighted by atomic mass is 32.2. The number of hydrogen-bond donors (Lipinski definition) is 2. The molecule has 3 rings (SSSR count). The standard InChI is InChI=1S/C14H13N3O3S/c15-13-11-6-1-2-7-12(11)14(17-13)16-9-4-3-5-10(8-9)21(18,19)20/h1-7,10H,8H2,(H2,15,16,17)(H,18,19,20). The van der Waals surface area contributed by atoms with Crippen molar-refractivity contribution < 1.29 is 13.0 Å². The molecule has 3 N–H and O–H groups in total. The Balaban J connectivity index is 1.94. The molecule has 1 unspecified atom stereocenters. The largest absolute Gasteiger partial charge is 0.383 e. The predicted molar refractivity (Wildman–Crippen MR) is 80.9 cm³/mol. The van der Waals surface area contributed by atoms with E-state index in [2.05, 4.69) is 9.98 Å². The van der Waals surface area contributed by atoms with Crippen molar-refractivity contribution in [3.8, 4) is 0 Å². The molecule has 0 spiro atoms. The van der Waals surface area contributed by atoms with E-state index in [1.165, 1.54) is 6.08 Å². The third-order valence-corrected chi connectivity index (χ3v) is 4.42. The van der Waals surface area contributed by atoms with Crippen LogP contribution in [-0.4, -0.2) is 29.9 Å². The van der Waals surface area contributed by atoms with Crippen LogP contribution in [0, 0.1) is 0 Å². The molecule has 21 heavy (non-hydrogen) atoms. The lowest BCUT2D eigenvalue weighted by Gasteiger charge is -2.13. The average Bonchev–Trinajstić information content (AvgIpc) is 2.76. The lowest BCUT2D eigenvalue weighted by molar-refractivity contribution is 0.473. The van der Waals surface area contributed by atoms with E-state index in [1.807, 2.05) is 24.3 Å². The van der Waals surface area contributed by atoms with E-state index in [-0.39, 0.29) is 6.42 Å². The highest BCUT2D eigenvalue weighted by molar-refractivity contribution is 7.86. The zero-order chi connectivity index (χ0) is 15.0. The predicted octanol–water partition coefficient (Wildman–Crippen LogP) is 1.25. The molecule has 1 heterocycles. The molecule has 0 aromatic heterocycles. The Labute approximate surface area is 122 Å². The Morgan fingerprint density at radius 1 is 1.29 bits per heavy atom. The summed E-state index contributed by atoms with van der Waals surface area (Å²) in [6.45, 7) is 0. The third-order valence-electron chi connectivity index (χ3n) is 3.33. The first kappa shape index (κ1) is 13.7. The molecule has 1 aliphatic carbocycles. The molecule has 0 amide bonds. The molecule has 6 nitrogen and oxygen atoms in total. The number of allylic oxidation sites excluding steroid dienone is 3. The summed E-state index contributed by atoms with van der Waals surface area (Å²) in [5.41, 5.74) is 8.00. The molecule has 1 aromatic rings. The van der Waals surface area contributed by atoms with Crippen LogP contribution >= 0.6 is 0 Å². The summed E-state index contributed by atoms with van der Waals surface area (Å²) in [7, 11) is -4.12. The van der Waals surface area contributed by atoms with E-state index in [9.17, 15) is 8.42 Å². The minimum absolute atomic E-state index is 0.108. The summed E-state index contributed by atoms with van der Waals surface area (Å²) in [4.78, 5) is 8.58. The molecule has 0 radical (unpaired) electrons. The number of amidine groups is 2. The number of hydrogen-bond acceptors (Lipinski definition) is 4. The molecule has 2 aliphatic rings. The van der Waals surface area contributed by atoms with E-state index in [4.69, 9.17) is 10.3 Å². The van der Waals surface area contributed by atoms with E-state index in [0.717, 1.165) is 11.1 Å². The zero-order valence-electron chi connectivity index (χ0n) is 11.0. The second-order valence-electron chi connectivity index (χ2n) is 4.78. The monoisotopic (exact) mass is 303 g/mol. The first-order chi connectivity index (χ1) is 9.95. The molecule has 0 bridgehead atoms. The van der Waals surface area contributed by atoms with Gasteiger partial charge in [0.15, 0.2) is 5.84 Å². The van der Waals surface area contributed by atoms with Gasteiger partial charge in [-0.2, -0.15) is 8.42 Å². The van der Waals surface area contributed by atoms with Gasteiger partial charge in [0.2, 0.25) is 0 Å². The van der Waals surface area contributed by atoms with Gasteiger partial charge in [0, 0.05) is 23.2 Å². The first-order valence-electron chi connectivity index (χ1n) is 6.31. The molecule has 0 saturated heterocycles. The maximum atomic E-state index is 11.2. The van der Waals surface area contributed by atoms with Crippen molar-refractivity contribution >= 4 is 21.8 Å². The van der Waals surface area contributed by atoms with E-state index < -0.39 is 15.4 Å². The lowest BCUT2D eigenvalue weighted by atomic mass is 10.1. The molecule has 0 fully saturated rings. The van der Waals surface area contributed by atoms with Crippen LogP contribution in [0.25, 0.3) is 0 Å². The van der Waals surface area contributed by atoms with E-state index >= 15 is 0 Å². The highest BCUT2D eigenvalue weighted by Gasteiger charge is 2.25. The average molecular weight is 303 g/mol. The van der Waals surface area contributed by atoms with Gasteiger partial charge in [-0.3, -0.25) is 4.55 Å². The summed E-state index contributed by atoms with van der Waals surface area (Å²) in [6.07, 6.45) is 4.80. The van der Waals surface area contributed by atoms with Gasteiger partial charge in [0.1, 0.15) is 11.1 Å². The Kier molecular flexibility index (Phi) is 3.23. The maximum Gasteiger partial charge on any atom is 0.271 e. The van der Waals surface area contributed by atoms with Gasteiger partial charge in [-0.25, -0.2) is 9.98 Å². The molecular formula is C14H13N3O3S. The third kappa shape index (κ3) is 2.65. The van der Waals surface area contributed by atoms with Crippen LogP contribution in [0.4, 0.5) is 0 Å². The Hall–Kier alpha value is -2.25. The fraction of sp³-hybridized carbons (Fsp3) is 0.143. The minimum Gasteiger partial charge on any atom is -0.383 e. The molecular weight excluding hydrogens is 290 g/mol. The fourth-order valence-electron chi connectivity index (χ4n) is 2.28. The lowest BCUT2D eigenvalue weighted by Crippen LogP contribution is -2.20. The van der Waals surface area contributed by atoms with Crippen molar-refractivity contribution in [2.45, 2.75) is 11.7 Å². The van der Waals surface area contributed by atoms with Crippen LogP contribution in [0.15, 0.2) is 58.2 Å². The second-order valence-corrected chi connectivity index (χ2v) is 6.41. The molecule has 108 valence electrons. The van der Waals surface area contributed by atoms with Crippen LogP contribution in [0.2, 0.25) is 0 Å². The van der Waals surface area contributed by atoms with Gasteiger partial charge in [-0.05, 0) is 6.08 Å². The van der Waals surface area contributed by atoms with E-state index in [0.29, 0.717) is 17.4 Å². The molecule has 1 aliphatic heterocycles. The van der Waals surface area contributed by atoms with Crippen LogP contribution in [0.1, 0.15) is 17.5 Å². The Morgan fingerprint density at radius 3 is 2.71 bits per heavy atom. The van der Waals surface area contributed by atoms with Crippen LogP contribution < -0.4 is 5.73 Å². The number of nitrogens with zero attached hydrogens (tertiary/aromatic N) is 2. The number of rotatable bonds is 2. The van der Waals surface area contributed by atoms with E-state index in [1.54, 1.807) is 12.2 Å². The Morgan fingerprint density at radius 2 is 2.00 bits per heavy atom. The smallest absolute Gasteiger partial charge is 0.271 e. The van der Waals surface area contributed by atoms with Crippen LogP contribution in [0.5, 0.6) is 0 Å². The minimum atomic E-state index is -4.12. The molecule has 7 heteroatoms. The van der Waals surface area contributed by atoms with Crippen molar-refractivity contribution in [3.63, 3.8) is 0 Å². The molecule has 0 saturated carbocycles. The number of nitrogens with two attached hydrogens (primary N) is 1. The van der Waals surface area contributed by atoms with Crippen molar-refractivity contribution in [3.05, 3.63) is 59.3 Å². The summed E-state index contributed by atoms with van der Waals surface area (Å²) in [6, 6.07) is 7.43. The fourth-order valence-corrected chi connectivity index (χ4v) is 2.95. The maximum absolute atomic E-state index is 11.2. The number of fused-ring (bicyclic) bond motifs is 1. The van der Waals surface area contributed by atoms with Crippen molar-refractivity contribution in [1.29, 1.82) is 0 Å². The quantitative estimate of drug-likeness (QED) is 0.802. The van der Waals surface area contributed by atoms with Crippen LogP contribution in [-0.2, 0) is 10.1 Å². The van der Waals surface area contributed by atoms with Gasteiger partial charge >= 0.3 is 0 Å². The number of aliphatic imine (C=N–C) groups is 2. The van der Waals surface area contributed by atoms with Gasteiger partial charge in [0.25, 0.3) is 10.1 Å². The van der Waals surface area contributed by atoms with Crippen molar-refractivity contribution in [1.82, 2.24) is 0 Å². The summed E-state index contributed by atoms with van der Waals surface area (Å²) in [5.74, 6) is 0.848. The topological polar surface area (TPSA) is 105 Å². The highest BCUT2D eigenvalue weighted by Crippen LogP contribution is 2.23. The van der Waals surface area contributed by atoms with Crippen molar-refractivity contribution in [2.24, 2.45) is 15.7 Å². The molecule has 1 aromatic carbocycles. The summed E-state index contributed by atoms with van der Waals surface area (Å²) >= 11 is 0. The van der Waals surface area contributed by atoms with Gasteiger partial charge in [0.05, 0.1) is 0 Å².